The lowest BCUT2D eigenvalue weighted by molar-refractivity contribution is 0.248. The van der Waals surface area contributed by atoms with Crippen molar-refractivity contribution in [1.29, 1.82) is 0 Å². The van der Waals surface area contributed by atoms with Crippen LogP contribution in [-0.4, -0.2) is 57.8 Å². The quantitative estimate of drug-likeness (QED) is 0.733. The molecule has 2 N–H and O–H groups in total. The summed E-state index contributed by atoms with van der Waals surface area (Å²) in [7, 11) is -1.04. The molecule has 1 unspecified atom stereocenters. The Labute approximate surface area is 104 Å². The highest BCUT2D eigenvalue weighted by atomic mass is 32.2. The third-order valence-electron chi connectivity index (χ3n) is 3.65. The monoisotopic (exact) mass is 261 g/mol. The molecule has 2 aliphatic heterocycles. The summed E-state index contributed by atoms with van der Waals surface area (Å²) >= 11 is 0. The van der Waals surface area contributed by atoms with Crippen molar-refractivity contribution in [2.24, 2.45) is 0 Å². The summed E-state index contributed by atoms with van der Waals surface area (Å²) in [6.45, 7) is 2.91. The van der Waals surface area contributed by atoms with Gasteiger partial charge < -0.3 is 10.2 Å². The van der Waals surface area contributed by atoms with E-state index in [-0.39, 0.29) is 17.8 Å². The number of rotatable bonds is 4. The molecule has 2 fully saturated rings. The molecule has 0 aliphatic carbocycles. The number of hydrogen-bond donors (Lipinski definition) is 2. The van der Waals surface area contributed by atoms with Gasteiger partial charge in [-0.15, -0.1) is 0 Å². The summed E-state index contributed by atoms with van der Waals surface area (Å²) in [4.78, 5) is 2.24. The van der Waals surface area contributed by atoms with Crippen molar-refractivity contribution >= 4 is 10.0 Å². The Bertz CT molecular complexity index is 331. The molecule has 0 amide bonds. The Morgan fingerprint density at radius 3 is 2.59 bits per heavy atom. The Morgan fingerprint density at radius 2 is 2.00 bits per heavy atom. The van der Waals surface area contributed by atoms with Crippen LogP contribution in [0.4, 0.5) is 0 Å². The van der Waals surface area contributed by atoms with Gasteiger partial charge in [0.2, 0.25) is 10.0 Å². The number of likely N-dealkylation sites (tertiary alicyclic amines) is 1. The van der Waals surface area contributed by atoms with Crippen molar-refractivity contribution in [3.05, 3.63) is 0 Å². The van der Waals surface area contributed by atoms with Crippen LogP contribution in [0.2, 0.25) is 0 Å². The first-order valence-corrected chi connectivity index (χ1v) is 8.12. The van der Waals surface area contributed by atoms with Crippen LogP contribution in [-0.2, 0) is 10.0 Å². The van der Waals surface area contributed by atoms with Gasteiger partial charge in [-0.05, 0) is 52.4 Å². The molecule has 0 bridgehead atoms. The zero-order valence-electron chi connectivity index (χ0n) is 10.5. The second kappa shape index (κ2) is 5.65. The van der Waals surface area contributed by atoms with E-state index in [2.05, 4.69) is 22.0 Å². The molecule has 0 radical (unpaired) electrons. The molecule has 5 nitrogen and oxygen atoms in total. The third-order valence-corrected chi connectivity index (χ3v) is 5.18. The second-order valence-corrected chi connectivity index (χ2v) is 7.07. The summed E-state index contributed by atoms with van der Waals surface area (Å²) in [6, 6.07) is 0.288. The number of nitrogens with one attached hydrogen (secondary N) is 2. The Morgan fingerprint density at radius 1 is 1.29 bits per heavy atom. The van der Waals surface area contributed by atoms with Gasteiger partial charge in [-0.3, -0.25) is 0 Å². The van der Waals surface area contributed by atoms with Gasteiger partial charge in [0.25, 0.3) is 0 Å². The Kier molecular flexibility index (Phi) is 4.41. The first-order chi connectivity index (χ1) is 8.05. The van der Waals surface area contributed by atoms with Gasteiger partial charge in [0.1, 0.15) is 0 Å². The summed E-state index contributed by atoms with van der Waals surface area (Å²) in [6.07, 6.45) is 3.92. The molecule has 100 valence electrons. The molecular formula is C11H23N3O2S. The first kappa shape index (κ1) is 13.3. The van der Waals surface area contributed by atoms with Crippen molar-refractivity contribution in [2.75, 3.05) is 32.4 Å². The van der Waals surface area contributed by atoms with E-state index in [0.717, 1.165) is 45.3 Å². The third kappa shape index (κ3) is 4.21. The van der Waals surface area contributed by atoms with E-state index in [1.54, 1.807) is 0 Å². The van der Waals surface area contributed by atoms with E-state index < -0.39 is 10.0 Å². The van der Waals surface area contributed by atoms with Crippen molar-refractivity contribution in [3.63, 3.8) is 0 Å². The minimum Gasteiger partial charge on any atom is -0.313 e. The van der Waals surface area contributed by atoms with Crippen LogP contribution in [0.25, 0.3) is 0 Å². The van der Waals surface area contributed by atoms with Gasteiger partial charge in [-0.2, -0.15) is 0 Å². The minimum atomic E-state index is -3.11. The maximum atomic E-state index is 12.0. The average Bonchev–Trinajstić information content (AvgIpc) is 2.73. The van der Waals surface area contributed by atoms with Crippen LogP contribution < -0.4 is 10.0 Å². The van der Waals surface area contributed by atoms with Crippen molar-refractivity contribution in [3.8, 4) is 0 Å². The van der Waals surface area contributed by atoms with Crippen molar-refractivity contribution < 1.29 is 8.42 Å². The predicted molar refractivity (Wildman–Crippen MR) is 68.5 cm³/mol. The summed E-state index contributed by atoms with van der Waals surface area (Å²) in [5, 5.41) is 3.23. The van der Waals surface area contributed by atoms with Crippen LogP contribution in [0.5, 0.6) is 0 Å². The van der Waals surface area contributed by atoms with Crippen LogP contribution in [0.1, 0.15) is 25.7 Å². The molecule has 0 aromatic rings. The second-order valence-electron chi connectivity index (χ2n) is 5.27. The van der Waals surface area contributed by atoms with E-state index in [1.807, 2.05) is 0 Å². The van der Waals surface area contributed by atoms with Gasteiger partial charge in [-0.25, -0.2) is 13.1 Å². The molecule has 0 aromatic heterocycles. The van der Waals surface area contributed by atoms with Crippen LogP contribution in [0.15, 0.2) is 0 Å². The smallest absolute Gasteiger partial charge is 0.213 e. The fraction of sp³-hybridized carbons (Fsp3) is 1.00. The number of piperidine rings is 1. The fourth-order valence-corrected chi connectivity index (χ4v) is 4.25. The molecule has 2 heterocycles. The molecule has 2 saturated heterocycles. The van der Waals surface area contributed by atoms with Crippen LogP contribution >= 0.6 is 0 Å². The summed E-state index contributed by atoms with van der Waals surface area (Å²) in [5.41, 5.74) is 0. The van der Waals surface area contributed by atoms with E-state index in [9.17, 15) is 8.42 Å². The zero-order chi connectivity index (χ0) is 12.3. The Hall–Kier alpha value is -0.170. The SMILES string of the molecule is CN1CCC(NS(=O)(=O)CC2CCCN2)CC1. The number of nitrogens with zero attached hydrogens (tertiary/aromatic N) is 1. The van der Waals surface area contributed by atoms with E-state index in [1.165, 1.54) is 0 Å². The maximum absolute atomic E-state index is 12.0. The fourth-order valence-electron chi connectivity index (χ4n) is 2.59. The lowest BCUT2D eigenvalue weighted by atomic mass is 10.1. The minimum absolute atomic E-state index is 0.137. The summed E-state index contributed by atoms with van der Waals surface area (Å²) in [5.74, 6) is 0.235. The van der Waals surface area contributed by atoms with E-state index in [4.69, 9.17) is 0 Å². The highest BCUT2D eigenvalue weighted by Gasteiger charge is 2.26. The van der Waals surface area contributed by atoms with E-state index in [0.29, 0.717) is 0 Å². The maximum Gasteiger partial charge on any atom is 0.213 e. The van der Waals surface area contributed by atoms with Crippen molar-refractivity contribution in [2.45, 2.75) is 37.8 Å². The lowest BCUT2D eigenvalue weighted by Crippen LogP contribution is -2.46. The lowest BCUT2D eigenvalue weighted by Gasteiger charge is -2.29. The largest absolute Gasteiger partial charge is 0.313 e. The topological polar surface area (TPSA) is 61.4 Å². The predicted octanol–water partition coefficient (Wildman–Crippen LogP) is -0.248. The highest BCUT2D eigenvalue weighted by molar-refractivity contribution is 7.89. The first-order valence-electron chi connectivity index (χ1n) is 6.47. The molecule has 1 atom stereocenters. The molecule has 0 spiro atoms. The van der Waals surface area contributed by atoms with Gasteiger partial charge in [-0.1, -0.05) is 0 Å². The van der Waals surface area contributed by atoms with Crippen LogP contribution in [0.3, 0.4) is 0 Å². The van der Waals surface area contributed by atoms with Gasteiger partial charge >= 0.3 is 0 Å². The van der Waals surface area contributed by atoms with Crippen molar-refractivity contribution in [1.82, 2.24) is 14.9 Å². The standard InChI is InChI=1S/C11H23N3O2S/c1-14-7-4-10(5-8-14)13-17(15,16)9-11-3-2-6-12-11/h10-13H,2-9H2,1H3. The number of sulfonamides is 1. The van der Waals surface area contributed by atoms with Gasteiger partial charge in [0.05, 0.1) is 5.75 Å². The van der Waals surface area contributed by atoms with Gasteiger partial charge in [0.15, 0.2) is 0 Å². The normalized spacial score (nSPS) is 28.6. The molecule has 0 saturated carbocycles. The number of hydrogen-bond acceptors (Lipinski definition) is 4. The molecule has 6 heteroatoms. The summed E-state index contributed by atoms with van der Waals surface area (Å²) < 4.78 is 26.8. The Balaban J connectivity index is 1.80. The zero-order valence-corrected chi connectivity index (χ0v) is 11.3. The molecule has 0 aromatic carbocycles. The van der Waals surface area contributed by atoms with Crippen LogP contribution in [0, 0.1) is 0 Å². The van der Waals surface area contributed by atoms with E-state index >= 15 is 0 Å². The van der Waals surface area contributed by atoms with Gasteiger partial charge in [0, 0.05) is 12.1 Å². The molecular weight excluding hydrogens is 238 g/mol. The molecule has 2 rings (SSSR count). The molecule has 2 aliphatic rings. The highest BCUT2D eigenvalue weighted by Crippen LogP contribution is 2.11. The average molecular weight is 261 g/mol. The molecule has 17 heavy (non-hydrogen) atoms.